The molecule has 0 aromatic heterocycles. The van der Waals surface area contributed by atoms with Gasteiger partial charge in [-0.1, -0.05) is 46.6 Å². The van der Waals surface area contributed by atoms with Crippen molar-refractivity contribution in [3.63, 3.8) is 0 Å². The van der Waals surface area contributed by atoms with Crippen LogP contribution in [0.2, 0.25) is 0 Å². The summed E-state index contributed by atoms with van der Waals surface area (Å²) in [7, 11) is -10.7. The van der Waals surface area contributed by atoms with Crippen LogP contribution in [0.1, 0.15) is 174 Å². The van der Waals surface area contributed by atoms with E-state index in [1.807, 2.05) is 26.8 Å². The Morgan fingerprint density at radius 3 is 1.52 bits per heavy atom. The molecule has 6 unspecified atom stereocenters. The summed E-state index contributed by atoms with van der Waals surface area (Å²) in [6.45, 7) is 17.1. The first-order valence-corrected chi connectivity index (χ1v) is 39.3. The summed E-state index contributed by atoms with van der Waals surface area (Å²) in [6.07, 6.45) is -12.8. The number of nitrogens with two attached hydrogens (primary N) is 1. The number of phosphoric ester groups is 2. The van der Waals surface area contributed by atoms with E-state index in [-0.39, 0.29) is 19.3 Å². The lowest BCUT2D eigenvalue weighted by atomic mass is 9.93. The number of nitrogens with one attached hydrogen (secondary N) is 8. The predicted octanol–water partition coefficient (Wildman–Crippen LogP) is 2.76. The van der Waals surface area contributed by atoms with Crippen molar-refractivity contribution in [3.05, 3.63) is 46.6 Å². The third-order valence-corrected chi connectivity index (χ3v) is 19.3. The Morgan fingerprint density at radius 2 is 1.02 bits per heavy atom. The molecule has 0 aromatic carbocycles. The monoisotopic (exact) mass is 1680 g/mol. The Kier molecular flexibility index (Phi) is 44.0. The number of carbonyl (C=O) groups is 14. The Morgan fingerprint density at radius 1 is 0.535 bits per heavy atom. The van der Waals surface area contributed by atoms with Gasteiger partial charge in [0.1, 0.15) is 86.0 Å². The number of amides is 9. The van der Waals surface area contributed by atoms with Crippen molar-refractivity contribution in [1.82, 2.24) is 42.5 Å². The van der Waals surface area contributed by atoms with E-state index in [4.69, 9.17) is 57.0 Å². The number of esters is 5. The average molecular weight is 1680 g/mol. The number of halogens is 3. The maximum Gasteiger partial charge on any atom is 0.483 e. The second-order valence-electron chi connectivity index (χ2n) is 27.2. The lowest BCUT2D eigenvalue weighted by molar-refractivity contribution is -0.332. The van der Waals surface area contributed by atoms with Crippen LogP contribution in [-0.4, -0.2) is 230 Å². The topological polar surface area (TPSA) is 547 Å². The van der Waals surface area contributed by atoms with E-state index in [2.05, 4.69) is 61.0 Å². The van der Waals surface area contributed by atoms with Crippen LogP contribution in [0.5, 0.6) is 0 Å². The van der Waals surface area contributed by atoms with E-state index in [0.29, 0.717) is 18.4 Å². The van der Waals surface area contributed by atoms with Crippen molar-refractivity contribution in [2.75, 3.05) is 33.5 Å². The van der Waals surface area contributed by atoms with E-state index in [0.717, 1.165) is 93.8 Å². The van der Waals surface area contributed by atoms with Crippen LogP contribution in [0.15, 0.2) is 46.6 Å². The van der Waals surface area contributed by atoms with Crippen molar-refractivity contribution >= 4 is 98.7 Å². The normalized spacial score (nSPS) is 22.5. The summed E-state index contributed by atoms with van der Waals surface area (Å²) < 4.78 is 133. The van der Waals surface area contributed by atoms with E-state index < -0.39 is 242 Å². The third kappa shape index (κ3) is 39.2. The van der Waals surface area contributed by atoms with Crippen LogP contribution in [0.4, 0.5) is 13.2 Å². The molecule has 2 fully saturated rings. The second-order valence-corrected chi connectivity index (χ2v) is 30.2. The summed E-state index contributed by atoms with van der Waals surface area (Å²) in [6, 6.07) is -11.5. The van der Waals surface area contributed by atoms with E-state index in [1.54, 1.807) is 12.2 Å². The van der Waals surface area contributed by atoms with Gasteiger partial charge in [-0.05, 0) is 127 Å². The van der Waals surface area contributed by atoms with Gasteiger partial charge in [0.25, 0.3) is 0 Å². The highest BCUT2D eigenvalue weighted by atomic mass is 31.3. The number of ether oxygens (including phenoxy) is 9. The first-order chi connectivity index (χ1) is 53.0. The zero-order valence-corrected chi connectivity index (χ0v) is 68.4. The molecule has 2 rings (SSSR count). The maximum atomic E-state index is 14.4. The molecule has 0 radical (unpaired) electrons. The maximum absolute atomic E-state index is 14.4. The average Bonchev–Trinajstić information content (AvgIpc) is 0.762. The Balaban J connectivity index is 2.69. The molecule has 2 aliphatic rings. The molecule has 0 bridgehead atoms. The highest BCUT2D eigenvalue weighted by Gasteiger charge is 2.57. The molecule has 44 heteroatoms. The lowest BCUT2D eigenvalue weighted by Crippen LogP contribution is -2.70. The van der Waals surface area contributed by atoms with Gasteiger partial charge in [-0.15, -0.1) is 0 Å². The summed E-state index contributed by atoms with van der Waals surface area (Å²) >= 11 is 0. The Bertz CT molecular complexity index is 3580. The molecule has 0 aliphatic carbocycles. The standard InChI is InChI=1S/C70H110F3N9O30P2/c1-36(2)22-19-23-37(3)24-20-25-38(4)26-21-27-39(5)31-33-104-113(97,98)112-114(99,100)111-68-56(80-45(11)84)59(58(53(109-68)35-103-47(13)86)110-67-55(79-44(10)83)60(107-49(15)88)57(106-48(14)87)52(108-67)34-102-46(12)85)105-43(9)64(93)76-41(7)63(92)82-50(61(74)90)29-30-54(89)81-51(28-17-18-32-75-69(96)70(71,72)73)65(94)77-40(6)62(91)78-42(8)66(95)101-16/h22,24,26,31,40-43,50-53,55-60,67-68H,17-21,23,25,27-30,32-35H2,1-16H3,(H2,74,90)(H,75,96)(H,76,93)(H,77,94)(H,78,91)(H,79,83)(H,80,84)(H,81,89)(H,82,92)(H,97,98)(H,99,100)/b37-24+,38-26-,39-31-/t40-,41+,42-,43-,50-,51+,52+,53?,55?,56?,57-,58-,59-,60?,67+,68-/m1/s1. The van der Waals surface area contributed by atoms with Crippen molar-refractivity contribution in [3.8, 4) is 0 Å². The largest absolute Gasteiger partial charge is 0.483 e. The third-order valence-electron chi connectivity index (χ3n) is 16.7. The fourth-order valence-electron chi connectivity index (χ4n) is 11.0. The van der Waals surface area contributed by atoms with Gasteiger partial charge in [0.2, 0.25) is 47.3 Å². The molecule has 18 atom stereocenters. The van der Waals surface area contributed by atoms with Crippen molar-refractivity contribution in [2.24, 2.45) is 5.73 Å². The number of methoxy groups -OCH3 is 1. The molecule has 9 amide bonds. The van der Waals surface area contributed by atoms with Crippen molar-refractivity contribution in [1.29, 1.82) is 0 Å². The molecule has 0 saturated carbocycles. The zero-order chi connectivity index (χ0) is 86.7. The van der Waals surface area contributed by atoms with Crippen LogP contribution in [0.3, 0.4) is 0 Å². The number of rotatable bonds is 47. The highest BCUT2D eigenvalue weighted by Crippen LogP contribution is 2.61. The SMILES string of the molecule is COC(=O)[C@@H](C)NC(=O)[C@@H](C)NC(=O)[C@H](CCCCNC(=O)C(F)(F)F)NC(=O)CC[C@@H](NC(=O)[C@H](C)NC(=O)[C@@H](C)O[C@@H]1C(NC(C)=O)[C@@H](OP(=O)(O)OP(=O)(O)OC/C=C(/C)CC/C=C(/C)CC/C=C(\C)CCC=C(C)C)OC(COC(C)=O)[C@H]1O[C@@H]1O[C@@H](COC(C)=O)[C@@H](OC(C)=O)C(OC(C)=O)C1NC(C)=O)C(N)=O. The summed E-state index contributed by atoms with van der Waals surface area (Å²) in [5, 5.41) is 18.0. The number of phosphoric acid groups is 2. The van der Waals surface area contributed by atoms with Crippen molar-refractivity contribution < 1.29 is 155 Å². The molecule has 114 heavy (non-hydrogen) atoms. The van der Waals surface area contributed by atoms with Gasteiger partial charge in [-0.3, -0.25) is 71.4 Å². The van der Waals surface area contributed by atoms with Crippen molar-refractivity contribution in [2.45, 2.75) is 278 Å². The summed E-state index contributed by atoms with van der Waals surface area (Å²) in [5.74, 6) is -15.6. The molecule has 0 aromatic rings. The van der Waals surface area contributed by atoms with Gasteiger partial charge >= 0.3 is 57.6 Å². The molecular formula is C70H110F3N9O30P2. The lowest BCUT2D eigenvalue weighted by Gasteiger charge is -2.50. The minimum absolute atomic E-state index is 0.117. The molecule has 2 aliphatic heterocycles. The first-order valence-electron chi connectivity index (χ1n) is 36.3. The van der Waals surface area contributed by atoms with Gasteiger partial charge in [0.05, 0.1) is 13.7 Å². The van der Waals surface area contributed by atoms with Gasteiger partial charge in [-0.25, -0.2) is 13.9 Å². The van der Waals surface area contributed by atoms with E-state index in [1.165, 1.54) is 31.1 Å². The van der Waals surface area contributed by atoms with Gasteiger partial charge in [0, 0.05) is 54.5 Å². The molecule has 646 valence electrons. The Labute approximate surface area is 658 Å². The molecular weight excluding hydrogens is 1570 g/mol. The molecule has 12 N–H and O–H groups in total. The second kappa shape index (κ2) is 49.4. The number of hydrogen-bond acceptors (Lipinski definition) is 28. The summed E-state index contributed by atoms with van der Waals surface area (Å²) in [5.41, 5.74) is 9.97. The molecule has 2 heterocycles. The smallest absolute Gasteiger partial charge is 0.467 e. The fourth-order valence-corrected chi connectivity index (χ4v) is 13.1. The Hall–Kier alpha value is -8.57. The number of unbranched alkanes of at least 4 members (excludes halogenated alkanes) is 1. The molecule has 2 saturated heterocycles. The number of alkyl halides is 3. The number of carbonyl (C=O) groups excluding carboxylic acids is 14. The minimum Gasteiger partial charge on any atom is -0.467 e. The number of primary amides is 1. The fraction of sp³-hybridized carbons (Fsp3) is 0.686. The predicted molar refractivity (Wildman–Crippen MR) is 392 cm³/mol. The van der Waals surface area contributed by atoms with Gasteiger partial charge < -0.3 is 101 Å². The van der Waals surface area contributed by atoms with E-state index >= 15 is 0 Å². The molecule has 0 spiro atoms. The van der Waals surface area contributed by atoms with Crippen LogP contribution in [0.25, 0.3) is 0 Å². The quantitative estimate of drug-likeness (QED) is 0.0137. The van der Waals surface area contributed by atoms with Crippen LogP contribution < -0.4 is 48.3 Å². The van der Waals surface area contributed by atoms with E-state index in [9.17, 15) is 99.2 Å². The van der Waals surface area contributed by atoms with Crippen LogP contribution in [-0.2, 0) is 132 Å². The number of hydrogen-bond donors (Lipinski definition) is 11. The number of allylic oxidation sites excluding steroid dienone is 7. The van der Waals surface area contributed by atoms with Crippen LogP contribution >= 0.6 is 15.6 Å². The first kappa shape index (κ1) is 102. The minimum atomic E-state index is -6.08. The van der Waals surface area contributed by atoms with Gasteiger partial charge in [0.15, 0.2) is 24.8 Å². The molecule has 39 nitrogen and oxygen atoms in total. The summed E-state index contributed by atoms with van der Waals surface area (Å²) in [4.78, 5) is 204. The van der Waals surface area contributed by atoms with Crippen LogP contribution in [0, 0.1) is 0 Å². The van der Waals surface area contributed by atoms with Gasteiger partial charge in [-0.2, -0.15) is 17.5 Å². The highest BCUT2D eigenvalue weighted by molar-refractivity contribution is 7.61. The zero-order valence-electron chi connectivity index (χ0n) is 66.6.